The predicted molar refractivity (Wildman–Crippen MR) is 196 cm³/mol. The van der Waals surface area contributed by atoms with E-state index in [9.17, 15) is 24.9 Å². The molecule has 1 saturated heterocycles. The van der Waals surface area contributed by atoms with E-state index in [-0.39, 0.29) is 36.9 Å². The zero-order valence-corrected chi connectivity index (χ0v) is 29.5. The number of nitrogens with one attached hydrogen (secondary N) is 2. The average molecular weight is 712 g/mol. The molecule has 4 atom stereocenters. The summed E-state index contributed by atoms with van der Waals surface area (Å²) in [4.78, 5) is 25.5. The molecular formula is C41H49N3O8. The Morgan fingerprint density at radius 2 is 1.54 bits per heavy atom. The Balaban J connectivity index is 1.21. The van der Waals surface area contributed by atoms with E-state index < -0.39 is 18.3 Å². The number of amides is 2. The first-order valence-corrected chi connectivity index (χ1v) is 17.8. The van der Waals surface area contributed by atoms with Gasteiger partial charge in [0.15, 0.2) is 6.29 Å². The van der Waals surface area contributed by atoms with Gasteiger partial charge in [0.05, 0.1) is 24.9 Å². The smallest absolute Gasteiger partial charge is 0.243 e. The molecule has 1 aliphatic rings. The van der Waals surface area contributed by atoms with Crippen LogP contribution in [0.1, 0.15) is 84.8 Å². The molecule has 0 bridgehead atoms. The van der Waals surface area contributed by atoms with Crippen LogP contribution < -0.4 is 10.8 Å². The number of hydrogen-bond donors (Lipinski definition) is 6. The number of likely N-dealkylation sites (N-methyl/N-ethyl adjacent to an activating group) is 1. The number of benzene rings is 4. The van der Waals surface area contributed by atoms with E-state index in [1.807, 2.05) is 78.7 Å². The number of aliphatic hydroxyl groups excluding tert-OH is 2. The van der Waals surface area contributed by atoms with Crippen molar-refractivity contribution in [3.8, 4) is 16.9 Å². The first-order chi connectivity index (χ1) is 25.2. The van der Waals surface area contributed by atoms with Crippen LogP contribution in [-0.2, 0) is 32.2 Å². The fraction of sp³-hybridized carbons (Fsp3) is 0.366. The number of rotatable bonds is 17. The van der Waals surface area contributed by atoms with E-state index in [1.165, 1.54) is 0 Å². The molecule has 0 radical (unpaired) electrons. The highest BCUT2D eigenvalue weighted by molar-refractivity contribution is 5.76. The first kappa shape index (κ1) is 38.6. The van der Waals surface area contributed by atoms with Crippen molar-refractivity contribution < 1.29 is 39.6 Å². The summed E-state index contributed by atoms with van der Waals surface area (Å²) in [7, 11) is 1.93. The van der Waals surface area contributed by atoms with Crippen LogP contribution in [0.2, 0.25) is 0 Å². The van der Waals surface area contributed by atoms with E-state index in [0.29, 0.717) is 50.9 Å². The number of phenolic OH excluding ortho intramolecular Hbond substituents is 1. The molecule has 1 aliphatic heterocycles. The van der Waals surface area contributed by atoms with Crippen molar-refractivity contribution in [1.82, 2.24) is 15.7 Å². The second-order valence-electron chi connectivity index (χ2n) is 13.4. The number of hydrogen-bond acceptors (Lipinski definition) is 9. The quantitative estimate of drug-likeness (QED) is 0.0450. The summed E-state index contributed by atoms with van der Waals surface area (Å²) in [5, 5.41) is 41.8. The summed E-state index contributed by atoms with van der Waals surface area (Å²) in [6.45, 7) is 1.27. The number of hydroxylamine groups is 1. The number of ether oxygens (including phenoxy) is 2. The Morgan fingerprint density at radius 3 is 2.25 bits per heavy atom. The lowest BCUT2D eigenvalue weighted by Crippen LogP contribution is -2.39. The topological polar surface area (TPSA) is 161 Å². The molecule has 11 nitrogen and oxygen atoms in total. The number of phenols is 1. The molecule has 4 aromatic rings. The third kappa shape index (κ3) is 11.4. The van der Waals surface area contributed by atoms with Gasteiger partial charge in [0.1, 0.15) is 5.75 Å². The van der Waals surface area contributed by atoms with Crippen LogP contribution in [0.4, 0.5) is 0 Å². The molecular weight excluding hydrogens is 662 g/mol. The predicted octanol–water partition coefficient (Wildman–Crippen LogP) is 5.83. The van der Waals surface area contributed by atoms with Crippen LogP contribution >= 0.6 is 0 Å². The molecule has 5 rings (SSSR count). The van der Waals surface area contributed by atoms with Gasteiger partial charge in [0, 0.05) is 44.5 Å². The van der Waals surface area contributed by atoms with Gasteiger partial charge in [-0.25, -0.2) is 5.48 Å². The Hall–Kier alpha value is -4.62. The third-order valence-corrected chi connectivity index (χ3v) is 9.24. The molecule has 0 unspecified atom stereocenters. The standard InChI is InChI=1S/C41H49N3O8/c1-44(26-37(47)34-9-6-10-35(46)22-34)25-36-23-38(31-15-13-28(27-45)14-16-31)52-41(51-36)32-19-17-30(18-20-32)33-8-5-7-29(21-33)24-42-39(48)11-3-2-4-12-40(49)43-50/h5-10,13-22,36-38,41,45-47,50H,2-4,11-12,23-27H2,1H3,(H,42,48)(H,43,49)/t36-,37+,38+,41+/m0/s1. The summed E-state index contributed by atoms with van der Waals surface area (Å²) in [5.41, 5.74) is 7.94. The minimum absolute atomic E-state index is 0.0348. The molecule has 2 amide bonds. The largest absolute Gasteiger partial charge is 0.508 e. The van der Waals surface area contributed by atoms with E-state index in [4.69, 9.17) is 14.7 Å². The maximum Gasteiger partial charge on any atom is 0.243 e. The van der Waals surface area contributed by atoms with Crippen LogP contribution in [0.25, 0.3) is 11.1 Å². The molecule has 11 heteroatoms. The van der Waals surface area contributed by atoms with Gasteiger partial charge in [-0.3, -0.25) is 14.8 Å². The molecule has 1 heterocycles. The Kier molecular flexibility index (Phi) is 14.3. The number of carbonyl (C=O) groups excluding carboxylic acids is 2. The van der Waals surface area contributed by atoms with Crippen LogP contribution in [0.15, 0.2) is 97.1 Å². The first-order valence-electron chi connectivity index (χ1n) is 17.8. The maximum absolute atomic E-state index is 12.4. The van der Waals surface area contributed by atoms with E-state index in [0.717, 1.165) is 39.8 Å². The number of aliphatic hydroxyl groups is 2. The van der Waals surface area contributed by atoms with Crippen molar-refractivity contribution in [3.05, 3.63) is 125 Å². The van der Waals surface area contributed by atoms with Crippen molar-refractivity contribution in [2.75, 3.05) is 20.1 Å². The summed E-state index contributed by atoms with van der Waals surface area (Å²) in [6, 6.07) is 30.5. The molecule has 52 heavy (non-hydrogen) atoms. The molecule has 0 spiro atoms. The third-order valence-electron chi connectivity index (χ3n) is 9.24. The number of nitrogens with zero attached hydrogens (tertiary/aromatic N) is 1. The zero-order valence-electron chi connectivity index (χ0n) is 29.5. The van der Waals surface area contributed by atoms with Crippen molar-refractivity contribution in [3.63, 3.8) is 0 Å². The van der Waals surface area contributed by atoms with Gasteiger partial charge >= 0.3 is 0 Å². The minimum atomic E-state index is -0.776. The summed E-state index contributed by atoms with van der Waals surface area (Å²) in [6.07, 6.45) is 1.36. The molecule has 0 aromatic heterocycles. The minimum Gasteiger partial charge on any atom is -0.508 e. The fourth-order valence-corrected chi connectivity index (χ4v) is 6.37. The lowest BCUT2D eigenvalue weighted by Gasteiger charge is -2.38. The van der Waals surface area contributed by atoms with Crippen LogP contribution in [0.3, 0.4) is 0 Å². The van der Waals surface area contributed by atoms with Crippen LogP contribution in [0.5, 0.6) is 5.75 Å². The Bertz CT molecular complexity index is 1730. The molecule has 0 aliphatic carbocycles. The highest BCUT2D eigenvalue weighted by atomic mass is 16.7. The maximum atomic E-state index is 12.4. The van der Waals surface area contributed by atoms with Gasteiger partial charge in [0.25, 0.3) is 0 Å². The second kappa shape index (κ2) is 19.3. The lowest BCUT2D eigenvalue weighted by atomic mass is 9.98. The van der Waals surface area contributed by atoms with E-state index in [2.05, 4.69) is 11.4 Å². The monoisotopic (exact) mass is 711 g/mol. The number of unbranched alkanes of at least 4 members (excludes halogenated alkanes) is 2. The SMILES string of the molecule is CN(C[C@@H]1C[C@H](c2ccc(CO)cc2)O[C@H](c2ccc(-c3cccc(CNC(=O)CCCCCC(=O)NO)c3)cc2)O1)C[C@@H](O)c1cccc(O)c1. The van der Waals surface area contributed by atoms with Gasteiger partial charge in [-0.1, -0.05) is 85.3 Å². The Labute approximate surface area is 304 Å². The normalized spacial score (nSPS) is 17.8. The van der Waals surface area contributed by atoms with Crippen LogP contribution in [-0.4, -0.2) is 63.5 Å². The van der Waals surface area contributed by atoms with E-state index >= 15 is 0 Å². The molecule has 276 valence electrons. The summed E-state index contributed by atoms with van der Waals surface area (Å²) < 4.78 is 13.1. The Morgan fingerprint density at radius 1 is 0.827 bits per heavy atom. The van der Waals surface area contributed by atoms with Gasteiger partial charge in [-0.15, -0.1) is 0 Å². The van der Waals surface area contributed by atoms with Gasteiger partial charge in [-0.05, 0) is 71.5 Å². The van der Waals surface area contributed by atoms with Crippen molar-refractivity contribution in [2.24, 2.45) is 0 Å². The van der Waals surface area contributed by atoms with Gasteiger partial charge in [0.2, 0.25) is 11.8 Å². The average Bonchev–Trinajstić information content (AvgIpc) is 3.16. The highest BCUT2D eigenvalue weighted by Crippen LogP contribution is 2.39. The van der Waals surface area contributed by atoms with Gasteiger partial charge < -0.3 is 35.0 Å². The summed E-state index contributed by atoms with van der Waals surface area (Å²) in [5.74, 6) is -0.354. The molecule has 6 N–H and O–H groups in total. The van der Waals surface area contributed by atoms with Crippen molar-refractivity contribution >= 4 is 11.8 Å². The summed E-state index contributed by atoms with van der Waals surface area (Å²) >= 11 is 0. The van der Waals surface area contributed by atoms with Crippen LogP contribution in [0, 0.1) is 0 Å². The molecule has 1 fully saturated rings. The number of carbonyl (C=O) groups is 2. The number of aromatic hydroxyl groups is 1. The lowest BCUT2D eigenvalue weighted by molar-refractivity contribution is -0.252. The fourth-order valence-electron chi connectivity index (χ4n) is 6.37. The molecule has 4 aromatic carbocycles. The van der Waals surface area contributed by atoms with Crippen molar-refractivity contribution in [2.45, 2.75) is 76.3 Å². The molecule has 0 saturated carbocycles. The van der Waals surface area contributed by atoms with E-state index in [1.54, 1.807) is 29.7 Å². The van der Waals surface area contributed by atoms with Crippen molar-refractivity contribution in [1.29, 1.82) is 0 Å². The zero-order chi connectivity index (χ0) is 36.9. The highest BCUT2D eigenvalue weighted by Gasteiger charge is 2.33. The van der Waals surface area contributed by atoms with Gasteiger partial charge in [-0.2, -0.15) is 0 Å². The second-order valence-corrected chi connectivity index (χ2v) is 13.4.